The summed E-state index contributed by atoms with van der Waals surface area (Å²) in [6, 6.07) is 8.61. The van der Waals surface area contributed by atoms with Crippen LogP contribution in [0.4, 0.5) is 0 Å². The molecule has 0 unspecified atom stereocenters. The first-order valence-electron chi connectivity index (χ1n) is 7.65. The number of carbonyl (C=O) groups is 2. The van der Waals surface area contributed by atoms with Crippen molar-refractivity contribution in [2.75, 3.05) is 6.61 Å². The van der Waals surface area contributed by atoms with E-state index in [4.69, 9.17) is 9.94 Å². The van der Waals surface area contributed by atoms with Crippen LogP contribution in [0.1, 0.15) is 47.1 Å². The van der Waals surface area contributed by atoms with Crippen LogP contribution in [0.5, 0.6) is 0 Å². The first-order valence-corrected chi connectivity index (χ1v) is 7.65. The number of esters is 1. The van der Waals surface area contributed by atoms with Crippen LogP contribution in [-0.4, -0.2) is 23.7 Å². The Balaban J connectivity index is 2.61. The Morgan fingerprint density at radius 2 is 1.96 bits per heavy atom. The zero-order chi connectivity index (χ0) is 17.0. The third-order valence-corrected chi connectivity index (χ3v) is 3.57. The number of hydroxylamine groups is 1. The number of fused-ring (bicyclic) bond motifs is 1. The molecule has 2 aliphatic rings. The van der Waals surface area contributed by atoms with Gasteiger partial charge in [-0.15, -0.1) is 0 Å². The van der Waals surface area contributed by atoms with E-state index in [1.807, 2.05) is 6.07 Å². The lowest BCUT2D eigenvalue weighted by Crippen LogP contribution is -2.18. The predicted molar refractivity (Wildman–Crippen MR) is 86.8 cm³/mol. The fourth-order valence-electron chi connectivity index (χ4n) is 2.64. The standard InChI is InChI=1S/C18H21NO4/c1-4-23-18(21)16-10-13(8-11(2)3)15-9-12(17(20)19-22)6-5-7-14(15)16/h5-7,9-11,22H,4,8H2,1-3H3,(H,19,20). The average Bonchev–Trinajstić information content (AvgIpc) is 2.70. The van der Waals surface area contributed by atoms with Gasteiger partial charge in [-0.1, -0.05) is 26.0 Å². The molecule has 0 aromatic carbocycles. The molecule has 5 nitrogen and oxygen atoms in total. The molecule has 0 spiro atoms. The van der Waals surface area contributed by atoms with Gasteiger partial charge in [-0.3, -0.25) is 10.0 Å². The van der Waals surface area contributed by atoms with E-state index in [0.717, 1.165) is 23.1 Å². The summed E-state index contributed by atoms with van der Waals surface area (Å²) in [4.78, 5) is 23.9. The van der Waals surface area contributed by atoms with Crippen molar-refractivity contribution in [1.82, 2.24) is 5.48 Å². The van der Waals surface area contributed by atoms with Gasteiger partial charge in [0.2, 0.25) is 0 Å². The highest BCUT2D eigenvalue weighted by Gasteiger charge is 2.22. The van der Waals surface area contributed by atoms with Crippen molar-refractivity contribution in [3.05, 3.63) is 47.0 Å². The van der Waals surface area contributed by atoms with Crippen LogP contribution in [0.2, 0.25) is 0 Å². The third kappa shape index (κ3) is 3.68. The van der Waals surface area contributed by atoms with Crippen molar-refractivity contribution in [2.45, 2.75) is 27.2 Å². The lowest BCUT2D eigenvalue weighted by Gasteiger charge is -2.05. The van der Waals surface area contributed by atoms with Gasteiger partial charge in [0.15, 0.2) is 0 Å². The molecule has 0 heterocycles. The highest BCUT2D eigenvalue weighted by atomic mass is 16.5. The van der Waals surface area contributed by atoms with E-state index in [2.05, 4.69) is 13.8 Å². The molecule has 0 atom stereocenters. The zero-order valence-electron chi connectivity index (χ0n) is 13.6. The van der Waals surface area contributed by atoms with Crippen molar-refractivity contribution in [1.29, 1.82) is 0 Å². The molecule has 2 rings (SSSR count). The second-order valence-electron chi connectivity index (χ2n) is 5.80. The summed E-state index contributed by atoms with van der Waals surface area (Å²) in [5, 5.41) is 8.85. The van der Waals surface area contributed by atoms with Gasteiger partial charge in [0.1, 0.15) is 0 Å². The summed E-state index contributed by atoms with van der Waals surface area (Å²) in [6.45, 7) is 6.25. The minimum Gasteiger partial charge on any atom is -0.462 e. The summed E-state index contributed by atoms with van der Waals surface area (Å²) in [5.74, 6) is -0.556. The molecule has 0 saturated carbocycles. The molecule has 0 radical (unpaired) electrons. The van der Waals surface area contributed by atoms with Crippen molar-refractivity contribution in [2.24, 2.45) is 5.92 Å². The molecule has 0 aliphatic heterocycles. The molecule has 0 aromatic rings. The fraction of sp³-hybridized carbons (Fsp3) is 0.333. The average molecular weight is 315 g/mol. The first-order chi connectivity index (χ1) is 11.0. The second-order valence-corrected chi connectivity index (χ2v) is 5.80. The Labute approximate surface area is 135 Å². The quantitative estimate of drug-likeness (QED) is 0.504. The van der Waals surface area contributed by atoms with Gasteiger partial charge in [-0.25, -0.2) is 10.3 Å². The maximum Gasteiger partial charge on any atom is 0.338 e. The SMILES string of the molecule is CCOC(=O)c1cc(CC(C)C)c2cc(C(=O)NO)cccc1-2. The molecule has 0 saturated heterocycles. The largest absolute Gasteiger partial charge is 0.462 e. The van der Waals surface area contributed by atoms with Crippen molar-refractivity contribution < 1.29 is 19.5 Å². The molecule has 0 bridgehead atoms. The van der Waals surface area contributed by atoms with E-state index >= 15 is 0 Å². The normalized spacial score (nSPS) is 10.8. The summed E-state index contributed by atoms with van der Waals surface area (Å²) < 4.78 is 5.13. The summed E-state index contributed by atoms with van der Waals surface area (Å²) in [6.07, 6.45) is 0.778. The number of nitrogens with one attached hydrogen (secondary N) is 1. The summed E-state index contributed by atoms with van der Waals surface area (Å²) >= 11 is 0. The van der Waals surface area contributed by atoms with Crippen molar-refractivity contribution >= 4 is 11.9 Å². The Morgan fingerprint density at radius 1 is 1.22 bits per heavy atom. The van der Waals surface area contributed by atoms with Gasteiger partial charge in [0.25, 0.3) is 5.91 Å². The fourth-order valence-corrected chi connectivity index (χ4v) is 2.64. The van der Waals surface area contributed by atoms with Gasteiger partial charge in [0.05, 0.1) is 12.2 Å². The topological polar surface area (TPSA) is 75.6 Å². The molecular formula is C18H21NO4. The van der Waals surface area contributed by atoms with Crippen LogP contribution in [0, 0.1) is 5.92 Å². The highest BCUT2D eigenvalue weighted by Crippen LogP contribution is 2.34. The smallest absolute Gasteiger partial charge is 0.338 e. The van der Waals surface area contributed by atoms with Crippen LogP contribution in [0.15, 0.2) is 30.3 Å². The molecule has 0 aromatic heterocycles. The molecule has 1 amide bonds. The molecule has 0 fully saturated rings. The minimum absolute atomic E-state index is 0.308. The zero-order valence-corrected chi connectivity index (χ0v) is 13.6. The molecule has 5 heteroatoms. The van der Waals surface area contributed by atoms with Crippen molar-refractivity contribution in [3.8, 4) is 11.1 Å². The van der Waals surface area contributed by atoms with Crippen LogP contribution < -0.4 is 5.48 Å². The number of hydrogen-bond acceptors (Lipinski definition) is 4. The second kappa shape index (κ2) is 7.24. The number of ether oxygens (including phenoxy) is 1. The Kier molecular flexibility index (Phi) is 5.34. The molecule has 23 heavy (non-hydrogen) atoms. The van der Waals surface area contributed by atoms with Gasteiger partial charge in [-0.2, -0.15) is 0 Å². The Morgan fingerprint density at radius 3 is 2.57 bits per heavy atom. The van der Waals surface area contributed by atoms with E-state index in [0.29, 0.717) is 23.7 Å². The number of hydrogen-bond donors (Lipinski definition) is 2. The number of amides is 1. The van der Waals surface area contributed by atoms with Crippen LogP contribution in [0.25, 0.3) is 11.1 Å². The lowest BCUT2D eigenvalue weighted by molar-refractivity contribution is 0.0527. The number of rotatable bonds is 5. The summed E-state index contributed by atoms with van der Waals surface area (Å²) in [5.41, 5.74) is 5.03. The van der Waals surface area contributed by atoms with E-state index in [-0.39, 0.29) is 5.97 Å². The van der Waals surface area contributed by atoms with E-state index in [9.17, 15) is 9.59 Å². The van der Waals surface area contributed by atoms with Crippen molar-refractivity contribution in [3.63, 3.8) is 0 Å². The monoisotopic (exact) mass is 315 g/mol. The highest BCUT2D eigenvalue weighted by molar-refractivity contribution is 6.01. The number of carbonyl (C=O) groups excluding carboxylic acids is 2. The molecule has 122 valence electrons. The first kappa shape index (κ1) is 17.0. The molecule has 2 aliphatic carbocycles. The van der Waals surface area contributed by atoms with Gasteiger partial charge in [-0.05, 0) is 54.2 Å². The van der Waals surface area contributed by atoms with Gasteiger partial charge in [0, 0.05) is 5.56 Å². The maximum atomic E-state index is 12.2. The van der Waals surface area contributed by atoms with E-state index in [1.165, 1.54) is 0 Å². The van der Waals surface area contributed by atoms with E-state index in [1.54, 1.807) is 36.7 Å². The third-order valence-electron chi connectivity index (χ3n) is 3.57. The van der Waals surface area contributed by atoms with Gasteiger partial charge >= 0.3 is 5.97 Å². The Hall–Kier alpha value is -2.40. The molecular weight excluding hydrogens is 294 g/mol. The predicted octanol–water partition coefficient (Wildman–Crippen LogP) is 3.29. The maximum absolute atomic E-state index is 12.2. The van der Waals surface area contributed by atoms with Crippen LogP contribution in [0.3, 0.4) is 0 Å². The van der Waals surface area contributed by atoms with Crippen LogP contribution in [-0.2, 0) is 11.2 Å². The minimum atomic E-state index is -0.586. The summed E-state index contributed by atoms with van der Waals surface area (Å²) in [7, 11) is 0. The molecule has 2 N–H and O–H groups in total. The lowest BCUT2D eigenvalue weighted by atomic mass is 10.00. The van der Waals surface area contributed by atoms with Gasteiger partial charge < -0.3 is 4.74 Å². The Bertz CT molecular complexity index is 694. The van der Waals surface area contributed by atoms with E-state index < -0.39 is 5.91 Å². The van der Waals surface area contributed by atoms with Crippen LogP contribution >= 0.6 is 0 Å².